The van der Waals surface area contributed by atoms with Crippen molar-refractivity contribution in [2.45, 2.75) is 45.3 Å². The van der Waals surface area contributed by atoms with Crippen molar-refractivity contribution in [1.82, 2.24) is 9.88 Å². The van der Waals surface area contributed by atoms with Gasteiger partial charge in [-0.25, -0.2) is 9.78 Å². The van der Waals surface area contributed by atoms with Crippen LogP contribution in [0.1, 0.15) is 35.4 Å². The minimum Gasteiger partial charge on any atom is -0.435 e. The van der Waals surface area contributed by atoms with Crippen LogP contribution >= 0.6 is 11.3 Å². The standard InChI is InChI=1S/C18H21F2N3O2S/c1-23(11-12-7-9-13(10-8-12)25-16(19)20)18(24)22-17-21-14-5-3-2-4-6-15(14)26-17/h7-10,16H,2-6,11H2,1H3,(H,21,22,24). The fourth-order valence-corrected chi connectivity index (χ4v) is 3.93. The molecule has 0 saturated heterocycles. The molecule has 26 heavy (non-hydrogen) atoms. The number of aryl methyl sites for hydroxylation is 2. The molecule has 1 N–H and O–H groups in total. The number of nitrogens with zero attached hydrogens (tertiary/aromatic N) is 2. The van der Waals surface area contributed by atoms with Crippen LogP contribution in [0.5, 0.6) is 5.75 Å². The molecule has 140 valence electrons. The van der Waals surface area contributed by atoms with Gasteiger partial charge in [-0.2, -0.15) is 8.78 Å². The first-order valence-electron chi connectivity index (χ1n) is 8.55. The molecule has 8 heteroatoms. The van der Waals surface area contributed by atoms with Crippen LogP contribution in [-0.2, 0) is 19.4 Å². The molecule has 0 saturated carbocycles. The number of carbonyl (C=O) groups excluding carboxylic acids is 1. The Balaban J connectivity index is 1.56. The summed E-state index contributed by atoms with van der Waals surface area (Å²) >= 11 is 1.55. The number of nitrogens with one attached hydrogen (secondary N) is 1. The third-order valence-corrected chi connectivity index (χ3v) is 5.30. The number of fused-ring (bicyclic) bond motifs is 1. The first kappa shape index (κ1) is 18.6. The molecule has 0 atom stereocenters. The van der Waals surface area contributed by atoms with Crippen molar-refractivity contribution in [3.05, 3.63) is 40.4 Å². The Morgan fingerprint density at radius 3 is 2.73 bits per heavy atom. The van der Waals surface area contributed by atoms with E-state index >= 15 is 0 Å². The van der Waals surface area contributed by atoms with Gasteiger partial charge in [0.05, 0.1) is 5.69 Å². The zero-order valence-electron chi connectivity index (χ0n) is 14.5. The van der Waals surface area contributed by atoms with E-state index in [2.05, 4.69) is 15.0 Å². The predicted molar refractivity (Wildman–Crippen MR) is 96.9 cm³/mol. The molecule has 1 aromatic heterocycles. The lowest BCUT2D eigenvalue weighted by Gasteiger charge is -2.17. The molecule has 0 fully saturated rings. The van der Waals surface area contributed by atoms with E-state index in [9.17, 15) is 13.6 Å². The van der Waals surface area contributed by atoms with Crippen LogP contribution in [0.25, 0.3) is 0 Å². The second-order valence-corrected chi connectivity index (χ2v) is 7.34. The highest BCUT2D eigenvalue weighted by Gasteiger charge is 2.17. The van der Waals surface area contributed by atoms with Gasteiger partial charge in [0, 0.05) is 18.5 Å². The number of urea groups is 1. The number of benzene rings is 1. The molecule has 2 aromatic rings. The van der Waals surface area contributed by atoms with Crippen molar-refractivity contribution in [3.8, 4) is 5.75 Å². The number of carbonyl (C=O) groups is 1. The molecule has 5 nitrogen and oxygen atoms in total. The van der Waals surface area contributed by atoms with Crippen LogP contribution in [0, 0.1) is 0 Å². The Kier molecular flexibility index (Phi) is 6.03. The Labute approximate surface area is 155 Å². The molecule has 0 spiro atoms. The zero-order valence-corrected chi connectivity index (χ0v) is 15.3. The fraction of sp³-hybridized carbons (Fsp3) is 0.444. The molecule has 1 aliphatic carbocycles. The third kappa shape index (κ3) is 4.91. The second kappa shape index (κ2) is 8.44. The van der Waals surface area contributed by atoms with Gasteiger partial charge in [0.25, 0.3) is 0 Å². The topological polar surface area (TPSA) is 54.5 Å². The smallest absolute Gasteiger partial charge is 0.387 e. The highest BCUT2D eigenvalue weighted by molar-refractivity contribution is 7.15. The monoisotopic (exact) mass is 381 g/mol. The van der Waals surface area contributed by atoms with E-state index in [-0.39, 0.29) is 11.8 Å². The molecule has 3 rings (SSSR count). The van der Waals surface area contributed by atoms with Crippen LogP contribution in [0.15, 0.2) is 24.3 Å². The summed E-state index contributed by atoms with van der Waals surface area (Å²) in [7, 11) is 1.68. The quantitative estimate of drug-likeness (QED) is 0.766. The van der Waals surface area contributed by atoms with Gasteiger partial charge in [-0.1, -0.05) is 18.6 Å². The van der Waals surface area contributed by atoms with Gasteiger partial charge in [-0.15, -0.1) is 11.3 Å². The van der Waals surface area contributed by atoms with E-state index in [4.69, 9.17) is 0 Å². The highest BCUT2D eigenvalue weighted by Crippen LogP contribution is 2.29. The summed E-state index contributed by atoms with van der Waals surface area (Å²) in [6.07, 6.45) is 5.56. The van der Waals surface area contributed by atoms with Crippen LogP contribution in [-0.4, -0.2) is 29.6 Å². The maximum atomic E-state index is 12.4. The minimum atomic E-state index is -2.84. The molecule has 0 bridgehead atoms. The van der Waals surface area contributed by atoms with Crippen molar-refractivity contribution in [3.63, 3.8) is 0 Å². The third-order valence-electron chi connectivity index (χ3n) is 4.22. The summed E-state index contributed by atoms with van der Waals surface area (Å²) in [5.74, 6) is 0.0974. The van der Waals surface area contributed by atoms with E-state index < -0.39 is 6.61 Å². The Bertz CT molecular complexity index is 726. The number of hydrogen-bond acceptors (Lipinski definition) is 4. The molecule has 0 aliphatic heterocycles. The molecule has 0 unspecified atom stereocenters. The summed E-state index contributed by atoms with van der Waals surface area (Å²) < 4.78 is 28.6. The maximum Gasteiger partial charge on any atom is 0.387 e. The highest BCUT2D eigenvalue weighted by atomic mass is 32.1. The summed E-state index contributed by atoms with van der Waals surface area (Å²) in [5, 5.41) is 3.48. The second-order valence-electron chi connectivity index (χ2n) is 6.26. The molecular weight excluding hydrogens is 360 g/mol. The predicted octanol–water partition coefficient (Wildman–Crippen LogP) is 4.68. The van der Waals surface area contributed by atoms with E-state index in [0.29, 0.717) is 11.7 Å². The summed E-state index contributed by atoms with van der Waals surface area (Å²) in [5.41, 5.74) is 1.93. The minimum absolute atomic E-state index is 0.0974. The Morgan fingerprint density at radius 2 is 2.00 bits per heavy atom. The Hall–Kier alpha value is -2.22. The van der Waals surface area contributed by atoms with Gasteiger partial charge in [0.2, 0.25) is 0 Å². The van der Waals surface area contributed by atoms with Crippen molar-refractivity contribution in [1.29, 1.82) is 0 Å². The van der Waals surface area contributed by atoms with Crippen LogP contribution in [0.2, 0.25) is 0 Å². The lowest BCUT2D eigenvalue weighted by atomic mass is 10.2. The maximum absolute atomic E-state index is 12.4. The summed E-state index contributed by atoms with van der Waals surface area (Å²) in [6.45, 7) is -2.49. The van der Waals surface area contributed by atoms with Crippen molar-refractivity contribution >= 4 is 22.5 Å². The van der Waals surface area contributed by atoms with Gasteiger partial charge in [0.1, 0.15) is 5.75 Å². The van der Waals surface area contributed by atoms with Gasteiger partial charge in [-0.05, 0) is 43.4 Å². The molecular formula is C18H21F2N3O2S. The first-order chi connectivity index (χ1) is 12.5. The summed E-state index contributed by atoms with van der Waals surface area (Å²) in [6, 6.07) is 6.00. The van der Waals surface area contributed by atoms with Crippen LogP contribution in [0.3, 0.4) is 0 Å². The number of aromatic nitrogens is 1. The number of halogens is 2. The average molecular weight is 381 g/mol. The molecule has 0 radical (unpaired) electrons. The van der Waals surface area contributed by atoms with Crippen LogP contribution < -0.4 is 10.1 Å². The van der Waals surface area contributed by atoms with Crippen molar-refractivity contribution < 1.29 is 18.3 Å². The lowest BCUT2D eigenvalue weighted by Crippen LogP contribution is -2.30. The zero-order chi connectivity index (χ0) is 18.5. The Morgan fingerprint density at radius 1 is 1.27 bits per heavy atom. The van der Waals surface area contributed by atoms with E-state index in [1.54, 1.807) is 30.5 Å². The lowest BCUT2D eigenvalue weighted by molar-refractivity contribution is -0.0498. The number of rotatable bonds is 5. The average Bonchev–Trinajstić information content (AvgIpc) is 2.84. The summed E-state index contributed by atoms with van der Waals surface area (Å²) in [4.78, 5) is 19.7. The van der Waals surface area contributed by atoms with Gasteiger partial charge >= 0.3 is 12.6 Å². The van der Waals surface area contributed by atoms with Gasteiger partial charge < -0.3 is 9.64 Å². The van der Waals surface area contributed by atoms with E-state index in [1.165, 1.54) is 34.8 Å². The van der Waals surface area contributed by atoms with E-state index in [0.717, 1.165) is 30.5 Å². The number of amides is 2. The normalized spacial score (nSPS) is 13.8. The number of anilines is 1. The molecule has 1 aliphatic rings. The van der Waals surface area contributed by atoms with Gasteiger partial charge in [0.15, 0.2) is 5.13 Å². The van der Waals surface area contributed by atoms with E-state index in [1.807, 2.05) is 0 Å². The molecule has 1 aromatic carbocycles. The first-order valence-corrected chi connectivity index (χ1v) is 9.37. The van der Waals surface area contributed by atoms with Gasteiger partial charge in [-0.3, -0.25) is 5.32 Å². The SMILES string of the molecule is CN(Cc1ccc(OC(F)F)cc1)C(=O)Nc1nc2c(s1)CCCCC2. The van der Waals surface area contributed by atoms with Crippen molar-refractivity contribution in [2.75, 3.05) is 12.4 Å². The van der Waals surface area contributed by atoms with Crippen molar-refractivity contribution in [2.24, 2.45) is 0 Å². The fourth-order valence-electron chi connectivity index (χ4n) is 2.89. The number of ether oxygens (including phenoxy) is 1. The largest absolute Gasteiger partial charge is 0.435 e. The number of alkyl halides is 2. The molecule has 2 amide bonds. The number of thiazole rings is 1. The molecule has 1 heterocycles. The number of hydrogen-bond donors (Lipinski definition) is 1. The van der Waals surface area contributed by atoms with Crippen LogP contribution in [0.4, 0.5) is 18.7 Å².